The third-order valence-corrected chi connectivity index (χ3v) is 2.97. The van der Waals surface area contributed by atoms with Gasteiger partial charge in [0.2, 0.25) is 5.91 Å². The van der Waals surface area contributed by atoms with Crippen molar-refractivity contribution in [3.8, 4) is 0 Å². The normalized spacial score (nSPS) is 12.9. The number of aryl methyl sites for hydroxylation is 1. The Morgan fingerprint density at radius 2 is 2.11 bits per heavy atom. The van der Waals surface area contributed by atoms with Crippen LogP contribution in [0.15, 0.2) is 5.38 Å². The molecule has 0 fully saturated rings. The van der Waals surface area contributed by atoms with Gasteiger partial charge < -0.3 is 10.1 Å². The van der Waals surface area contributed by atoms with Crippen LogP contribution in [-0.2, 0) is 20.7 Å². The molecule has 1 amide bonds. The summed E-state index contributed by atoms with van der Waals surface area (Å²) in [6, 6.07) is -0.661. The van der Waals surface area contributed by atoms with Gasteiger partial charge >= 0.3 is 5.97 Å². The number of hydrogen-bond donors (Lipinski definition) is 1. The molecule has 1 heterocycles. The first kappa shape index (κ1) is 15.6. The van der Waals surface area contributed by atoms with Gasteiger partial charge in [0.05, 0.1) is 17.1 Å². The van der Waals surface area contributed by atoms with Crippen molar-refractivity contribution in [2.45, 2.75) is 52.7 Å². The van der Waals surface area contributed by atoms with Crippen LogP contribution in [0.5, 0.6) is 0 Å². The molecule has 0 radical (unpaired) electrons. The second-order valence-electron chi connectivity index (χ2n) is 5.36. The lowest BCUT2D eigenvalue weighted by Crippen LogP contribution is -2.42. The van der Waals surface area contributed by atoms with E-state index in [-0.39, 0.29) is 12.3 Å². The molecule has 0 aliphatic heterocycles. The van der Waals surface area contributed by atoms with Gasteiger partial charge in [-0.2, -0.15) is 0 Å². The van der Waals surface area contributed by atoms with E-state index in [9.17, 15) is 9.59 Å². The molecule has 1 atom stereocenters. The van der Waals surface area contributed by atoms with E-state index in [0.717, 1.165) is 10.7 Å². The summed E-state index contributed by atoms with van der Waals surface area (Å²) in [5.74, 6) is -0.668. The predicted molar refractivity (Wildman–Crippen MR) is 74.0 cm³/mol. The van der Waals surface area contributed by atoms with Crippen molar-refractivity contribution in [3.05, 3.63) is 16.1 Å². The molecular formula is C13H20N2O3S. The summed E-state index contributed by atoms with van der Waals surface area (Å²) in [6.45, 7) is 8.86. The largest absolute Gasteiger partial charge is 0.458 e. The lowest BCUT2D eigenvalue weighted by molar-refractivity contribution is -0.158. The second-order valence-corrected chi connectivity index (χ2v) is 6.42. The maximum Gasteiger partial charge on any atom is 0.328 e. The number of carbonyl (C=O) groups is 2. The standard InChI is InChI=1S/C13H20N2O3S/c1-8(12(17)18-13(3,4)5)14-11(16)6-10-7-19-9(2)15-10/h7-8H,6H2,1-5H3,(H,14,16)/t8-/m1/s1. The quantitative estimate of drug-likeness (QED) is 0.857. The number of nitrogens with one attached hydrogen (secondary N) is 1. The first-order chi connectivity index (χ1) is 8.67. The monoisotopic (exact) mass is 284 g/mol. The lowest BCUT2D eigenvalue weighted by Gasteiger charge is -2.22. The number of rotatable bonds is 4. The van der Waals surface area contributed by atoms with Crippen LogP contribution in [0, 0.1) is 6.92 Å². The number of hydrogen-bond acceptors (Lipinski definition) is 5. The van der Waals surface area contributed by atoms with E-state index in [1.165, 1.54) is 11.3 Å². The van der Waals surface area contributed by atoms with Gasteiger partial charge in [-0.15, -0.1) is 11.3 Å². The fraction of sp³-hybridized carbons (Fsp3) is 0.615. The van der Waals surface area contributed by atoms with Crippen molar-refractivity contribution in [2.24, 2.45) is 0 Å². The molecule has 1 aromatic rings. The molecule has 0 aromatic carbocycles. The van der Waals surface area contributed by atoms with Gasteiger partial charge in [-0.3, -0.25) is 4.79 Å². The summed E-state index contributed by atoms with van der Waals surface area (Å²) in [4.78, 5) is 27.7. The highest BCUT2D eigenvalue weighted by atomic mass is 32.1. The maximum absolute atomic E-state index is 11.7. The molecule has 0 spiro atoms. The van der Waals surface area contributed by atoms with Crippen molar-refractivity contribution in [3.63, 3.8) is 0 Å². The van der Waals surface area contributed by atoms with Gasteiger partial charge in [0.25, 0.3) is 0 Å². The van der Waals surface area contributed by atoms with Gasteiger partial charge in [-0.1, -0.05) is 0 Å². The van der Waals surface area contributed by atoms with Crippen LogP contribution in [0.2, 0.25) is 0 Å². The van der Waals surface area contributed by atoms with Crippen molar-refractivity contribution < 1.29 is 14.3 Å². The molecule has 0 saturated carbocycles. The zero-order valence-electron chi connectivity index (χ0n) is 11.9. The molecule has 1 aromatic heterocycles. The van der Waals surface area contributed by atoms with Crippen LogP contribution in [0.4, 0.5) is 0 Å². The molecule has 19 heavy (non-hydrogen) atoms. The Morgan fingerprint density at radius 1 is 1.47 bits per heavy atom. The van der Waals surface area contributed by atoms with Crippen molar-refractivity contribution in [1.29, 1.82) is 0 Å². The Labute approximate surface area is 117 Å². The average Bonchev–Trinajstić information content (AvgIpc) is 2.60. The number of ether oxygens (including phenoxy) is 1. The van der Waals surface area contributed by atoms with E-state index in [4.69, 9.17) is 4.74 Å². The lowest BCUT2D eigenvalue weighted by atomic mass is 10.2. The number of carbonyl (C=O) groups excluding carboxylic acids is 2. The summed E-state index contributed by atoms with van der Waals surface area (Å²) in [7, 11) is 0. The number of nitrogens with zero attached hydrogens (tertiary/aromatic N) is 1. The van der Waals surface area contributed by atoms with E-state index in [2.05, 4.69) is 10.3 Å². The summed E-state index contributed by atoms with van der Waals surface area (Å²) in [5, 5.41) is 5.37. The molecule has 0 saturated heterocycles. The molecule has 6 heteroatoms. The summed E-state index contributed by atoms with van der Waals surface area (Å²) < 4.78 is 5.19. The fourth-order valence-electron chi connectivity index (χ4n) is 1.40. The number of aromatic nitrogens is 1. The van der Waals surface area contributed by atoms with Gasteiger partial charge in [-0.05, 0) is 34.6 Å². The second kappa shape index (κ2) is 6.14. The maximum atomic E-state index is 11.7. The third-order valence-electron chi connectivity index (χ3n) is 2.15. The zero-order chi connectivity index (χ0) is 14.6. The number of esters is 1. The van der Waals surface area contributed by atoms with E-state index >= 15 is 0 Å². The van der Waals surface area contributed by atoms with Crippen LogP contribution in [0.3, 0.4) is 0 Å². The molecule has 0 unspecified atom stereocenters. The fourth-order valence-corrected chi connectivity index (χ4v) is 2.01. The third kappa shape index (κ3) is 5.83. The van der Waals surface area contributed by atoms with Crippen LogP contribution in [0.1, 0.15) is 38.4 Å². The Hall–Kier alpha value is -1.43. The molecule has 0 aliphatic carbocycles. The highest BCUT2D eigenvalue weighted by Crippen LogP contribution is 2.10. The van der Waals surface area contributed by atoms with Crippen molar-refractivity contribution >= 4 is 23.2 Å². The van der Waals surface area contributed by atoms with E-state index in [1.54, 1.807) is 27.7 Å². The zero-order valence-corrected chi connectivity index (χ0v) is 12.8. The van der Waals surface area contributed by atoms with Crippen LogP contribution < -0.4 is 5.32 Å². The summed E-state index contributed by atoms with van der Waals surface area (Å²) in [5.41, 5.74) is 0.165. The van der Waals surface area contributed by atoms with Crippen molar-refractivity contribution in [1.82, 2.24) is 10.3 Å². The van der Waals surface area contributed by atoms with Crippen LogP contribution in [-0.4, -0.2) is 28.5 Å². The summed E-state index contributed by atoms with van der Waals surface area (Å²) >= 11 is 1.50. The number of thiazole rings is 1. The molecule has 1 N–H and O–H groups in total. The highest BCUT2D eigenvalue weighted by molar-refractivity contribution is 7.09. The first-order valence-electron chi connectivity index (χ1n) is 6.10. The summed E-state index contributed by atoms with van der Waals surface area (Å²) in [6.07, 6.45) is 0.178. The van der Waals surface area contributed by atoms with Gasteiger partial charge in [0.15, 0.2) is 0 Å². The minimum Gasteiger partial charge on any atom is -0.458 e. The van der Waals surface area contributed by atoms with Crippen molar-refractivity contribution in [2.75, 3.05) is 0 Å². The Bertz CT molecular complexity index is 463. The van der Waals surface area contributed by atoms with Gasteiger partial charge in [-0.25, -0.2) is 9.78 Å². The average molecular weight is 284 g/mol. The minimum atomic E-state index is -0.661. The van der Waals surface area contributed by atoms with Crippen LogP contribution in [0.25, 0.3) is 0 Å². The van der Waals surface area contributed by atoms with E-state index in [0.29, 0.717) is 0 Å². The molecule has 0 aliphatic rings. The first-order valence-corrected chi connectivity index (χ1v) is 6.98. The van der Waals surface area contributed by atoms with Crippen LogP contribution >= 0.6 is 11.3 Å². The molecule has 5 nitrogen and oxygen atoms in total. The SMILES string of the molecule is Cc1nc(CC(=O)N[C@H](C)C(=O)OC(C)(C)C)cs1. The van der Waals surface area contributed by atoms with E-state index in [1.807, 2.05) is 12.3 Å². The Morgan fingerprint density at radius 3 is 2.58 bits per heavy atom. The topological polar surface area (TPSA) is 68.3 Å². The van der Waals surface area contributed by atoms with Gasteiger partial charge in [0, 0.05) is 5.38 Å². The highest BCUT2D eigenvalue weighted by Gasteiger charge is 2.23. The van der Waals surface area contributed by atoms with Gasteiger partial charge in [0.1, 0.15) is 11.6 Å². The molecular weight excluding hydrogens is 264 g/mol. The molecule has 106 valence electrons. The Balaban J connectivity index is 2.46. The number of amides is 1. The van der Waals surface area contributed by atoms with E-state index < -0.39 is 17.6 Å². The minimum absolute atomic E-state index is 0.178. The Kier molecular flexibility index (Phi) is 5.05. The molecule has 1 rings (SSSR count). The smallest absolute Gasteiger partial charge is 0.328 e. The molecule has 0 bridgehead atoms. The predicted octanol–water partition coefficient (Wildman–Crippen LogP) is 1.84.